The second-order valence-corrected chi connectivity index (χ2v) is 16.4. The molecule has 0 saturated heterocycles. The molecule has 52 heavy (non-hydrogen) atoms. The van der Waals surface area contributed by atoms with Crippen molar-refractivity contribution < 1.29 is 20.1 Å². The van der Waals surface area contributed by atoms with Crippen molar-refractivity contribution in [2.75, 3.05) is 6.61 Å². The van der Waals surface area contributed by atoms with Crippen LogP contribution in [0.5, 0.6) is 0 Å². The van der Waals surface area contributed by atoms with Crippen LogP contribution in [-0.2, 0) is 4.79 Å². The molecule has 3 atom stereocenters. The molecule has 0 aromatic carbocycles. The molecule has 310 valence electrons. The maximum absolute atomic E-state index is 12.5. The van der Waals surface area contributed by atoms with Gasteiger partial charge in [0.2, 0.25) is 5.91 Å². The van der Waals surface area contributed by atoms with Gasteiger partial charge < -0.3 is 20.6 Å². The van der Waals surface area contributed by atoms with Crippen LogP contribution in [0.4, 0.5) is 0 Å². The molecule has 0 spiro atoms. The Bertz CT molecular complexity index is 728. The third-order valence-electron chi connectivity index (χ3n) is 11.1. The molecule has 4 N–H and O–H groups in total. The van der Waals surface area contributed by atoms with E-state index >= 15 is 0 Å². The molecule has 5 heteroatoms. The summed E-state index contributed by atoms with van der Waals surface area (Å²) in [5, 5.41) is 33.3. The summed E-state index contributed by atoms with van der Waals surface area (Å²) in [5.74, 6) is -0.311. The summed E-state index contributed by atoms with van der Waals surface area (Å²) in [5.41, 5.74) is 0. The van der Waals surface area contributed by atoms with Gasteiger partial charge in [-0.2, -0.15) is 0 Å². The highest BCUT2D eigenvalue weighted by molar-refractivity contribution is 5.76. The van der Waals surface area contributed by atoms with E-state index in [0.717, 1.165) is 25.7 Å². The zero-order valence-corrected chi connectivity index (χ0v) is 35.2. The number of rotatable bonds is 43. The number of unbranched alkanes of at least 4 members (excludes halogenated alkanes) is 34. The predicted molar refractivity (Wildman–Crippen MR) is 227 cm³/mol. The van der Waals surface area contributed by atoms with Crippen LogP contribution in [0.15, 0.2) is 12.2 Å². The van der Waals surface area contributed by atoms with Crippen LogP contribution in [-0.4, -0.2) is 46.1 Å². The molecule has 0 aliphatic carbocycles. The summed E-state index contributed by atoms with van der Waals surface area (Å²) in [6.07, 6.45) is 50.7. The van der Waals surface area contributed by atoms with Crippen molar-refractivity contribution >= 4 is 5.91 Å². The Kier molecular flexibility index (Phi) is 42.1. The number of nitrogens with one attached hydrogen (secondary N) is 1. The first kappa shape index (κ1) is 51.1. The highest BCUT2D eigenvalue weighted by Gasteiger charge is 2.20. The van der Waals surface area contributed by atoms with Gasteiger partial charge in [0.1, 0.15) is 0 Å². The largest absolute Gasteiger partial charge is 0.394 e. The Balaban J connectivity index is 3.60. The highest BCUT2D eigenvalue weighted by atomic mass is 16.3. The van der Waals surface area contributed by atoms with E-state index in [9.17, 15) is 20.1 Å². The molecule has 0 aliphatic rings. The molecule has 0 aromatic rings. The molecule has 0 fully saturated rings. The Morgan fingerprint density at radius 3 is 1.12 bits per heavy atom. The van der Waals surface area contributed by atoms with Gasteiger partial charge in [-0.05, 0) is 19.3 Å². The highest BCUT2D eigenvalue weighted by Crippen LogP contribution is 2.17. The smallest absolute Gasteiger partial charge is 0.222 e. The van der Waals surface area contributed by atoms with Crippen LogP contribution in [0.25, 0.3) is 0 Å². The van der Waals surface area contributed by atoms with Gasteiger partial charge in [0.15, 0.2) is 0 Å². The number of carbonyl (C=O) groups is 1. The van der Waals surface area contributed by atoms with E-state index in [0.29, 0.717) is 6.42 Å². The average molecular weight is 736 g/mol. The summed E-state index contributed by atoms with van der Waals surface area (Å²) in [6, 6.07) is -0.739. The molecule has 0 bridgehead atoms. The van der Waals surface area contributed by atoms with E-state index in [1.165, 1.54) is 205 Å². The lowest BCUT2D eigenvalue weighted by Gasteiger charge is -2.21. The Morgan fingerprint density at radius 1 is 0.481 bits per heavy atom. The van der Waals surface area contributed by atoms with Crippen molar-refractivity contribution in [2.45, 2.75) is 276 Å². The van der Waals surface area contributed by atoms with Crippen molar-refractivity contribution in [3.63, 3.8) is 0 Å². The van der Waals surface area contributed by atoms with Crippen LogP contribution in [0.3, 0.4) is 0 Å². The van der Waals surface area contributed by atoms with Crippen LogP contribution < -0.4 is 5.32 Å². The lowest BCUT2D eigenvalue weighted by atomic mass is 10.0. The maximum Gasteiger partial charge on any atom is 0.222 e. The van der Waals surface area contributed by atoms with Crippen LogP contribution >= 0.6 is 0 Å². The fourth-order valence-electron chi connectivity index (χ4n) is 7.46. The zero-order chi connectivity index (χ0) is 38.0. The molecule has 0 rings (SSSR count). The average Bonchev–Trinajstić information content (AvgIpc) is 3.14. The number of aliphatic hydroxyl groups excluding tert-OH is 3. The monoisotopic (exact) mass is 736 g/mol. The van der Waals surface area contributed by atoms with Crippen LogP contribution in [0.1, 0.15) is 258 Å². The first-order chi connectivity index (χ1) is 25.5. The number of amides is 1. The van der Waals surface area contributed by atoms with Crippen molar-refractivity contribution in [2.24, 2.45) is 0 Å². The fourth-order valence-corrected chi connectivity index (χ4v) is 7.46. The van der Waals surface area contributed by atoms with Crippen LogP contribution in [0.2, 0.25) is 0 Å². The van der Waals surface area contributed by atoms with E-state index in [4.69, 9.17) is 0 Å². The minimum Gasteiger partial charge on any atom is -0.394 e. The van der Waals surface area contributed by atoms with Crippen molar-refractivity contribution in [3.05, 3.63) is 12.2 Å². The molecule has 0 heterocycles. The Morgan fingerprint density at radius 2 is 0.788 bits per heavy atom. The Labute approximate surface area is 325 Å². The topological polar surface area (TPSA) is 89.8 Å². The van der Waals surface area contributed by atoms with Crippen molar-refractivity contribution in [3.8, 4) is 0 Å². The third-order valence-corrected chi connectivity index (χ3v) is 11.1. The van der Waals surface area contributed by atoms with E-state index in [-0.39, 0.29) is 18.9 Å². The summed E-state index contributed by atoms with van der Waals surface area (Å²) in [6.45, 7) is 4.24. The number of carbonyl (C=O) groups excluding carboxylic acids is 1. The van der Waals surface area contributed by atoms with Crippen LogP contribution in [0, 0.1) is 0 Å². The minimum atomic E-state index is -0.924. The summed E-state index contributed by atoms with van der Waals surface area (Å²) in [7, 11) is 0. The molecule has 0 aromatic heterocycles. The molecule has 3 unspecified atom stereocenters. The summed E-state index contributed by atoms with van der Waals surface area (Å²) in [4.78, 5) is 12.5. The second kappa shape index (κ2) is 42.8. The molecule has 0 saturated carbocycles. The number of hydrogen-bond acceptors (Lipinski definition) is 4. The standard InChI is InChI=1S/C47H93NO4/c1-3-5-7-9-11-13-15-17-19-21-22-23-25-26-28-30-32-34-36-38-40-44(50)42-47(52)48-45(43-49)46(51)41-39-37-35-33-31-29-27-24-20-18-16-14-12-10-8-6-4-2/h39,41,44-46,49-51H,3-38,40,42-43H2,1-2H3,(H,48,52)/b41-39+. The van der Waals surface area contributed by atoms with E-state index in [1.807, 2.05) is 6.08 Å². The normalized spacial score (nSPS) is 13.6. The van der Waals surface area contributed by atoms with Crippen molar-refractivity contribution in [1.29, 1.82) is 0 Å². The zero-order valence-electron chi connectivity index (χ0n) is 35.2. The van der Waals surface area contributed by atoms with E-state index < -0.39 is 18.2 Å². The minimum absolute atomic E-state index is 0.0190. The lowest BCUT2D eigenvalue weighted by Crippen LogP contribution is -2.45. The van der Waals surface area contributed by atoms with Crippen molar-refractivity contribution in [1.82, 2.24) is 5.32 Å². The Hall–Kier alpha value is -0.910. The third kappa shape index (κ3) is 38.8. The summed E-state index contributed by atoms with van der Waals surface area (Å²) >= 11 is 0. The van der Waals surface area contributed by atoms with Gasteiger partial charge in [-0.1, -0.05) is 244 Å². The molecular formula is C47H93NO4. The number of allylic oxidation sites excluding steroid dienone is 1. The van der Waals surface area contributed by atoms with Gasteiger partial charge in [-0.15, -0.1) is 0 Å². The quantitative estimate of drug-likeness (QED) is 0.0371. The summed E-state index contributed by atoms with van der Waals surface area (Å²) < 4.78 is 0. The molecular weight excluding hydrogens is 643 g/mol. The number of hydrogen-bond donors (Lipinski definition) is 4. The van der Waals surface area contributed by atoms with Gasteiger partial charge in [0.25, 0.3) is 0 Å². The predicted octanol–water partition coefficient (Wildman–Crippen LogP) is 13.6. The molecule has 1 amide bonds. The maximum atomic E-state index is 12.5. The molecule has 5 nitrogen and oxygen atoms in total. The fraction of sp³-hybridized carbons (Fsp3) is 0.936. The number of aliphatic hydroxyl groups is 3. The van der Waals surface area contributed by atoms with Gasteiger partial charge in [-0.25, -0.2) is 0 Å². The van der Waals surface area contributed by atoms with Gasteiger partial charge in [0.05, 0.1) is 31.3 Å². The second-order valence-electron chi connectivity index (χ2n) is 16.4. The van der Waals surface area contributed by atoms with Gasteiger partial charge in [0, 0.05) is 0 Å². The molecule has 0 aliphatic heterocycles. The molecule has 0 radical (unpaired) electrons. The SMILES string of the molecule is CCCCCCCCCCCCCCCCC/C=C/C(O)C(CO)NC(=O)CC(O)CCCCCCCCCCCCCCCCCCCCCC. The van der Waals surface area contributed by atoms with Gasteiger partial charge in [-0.3, -0.25) is 4.79 Å². The van der Waals surface area contributed by atoms with E-state index in [2.05, 4.69) is 19.2 Å². The van der Waals surface area contributed by atoms with Gasteiger partial charge >= 0.3 is 0 Å². The first-order valence-electron chi connectivity index (χ1n) is 23.5. The van der Waals surface area contributed by atoms with E-state index in [1.54, 1.807) is 6.08 Å². The first-order valence-corrected chi connectivity index (χ1v) is 23.5. The lowest BCUT2D eigenvalue weighted by molar-refractivity contribution is -0.124.